The number of rotatable bonds is 9. The second-order valence-electron chi connectivity index (χ2n) is 9.64. The highest BCUT2D eigenvalue weighted by molar-refractivity contribution is 7.90. The van der Waals surface area contributed by atoms with E-state index in [0.29, 0.717) is 29.8 Å². The first-order chi connectivity index (χ1) is 16.9. The number of anilines is 3. The lowest BCUT2D eigenvalue weighted by Crippen LogP contribution is -2.28. The van der Waals surface area contributed by atoms with Gasteiger partial charge in [-0.15, -0.1) is 21.5 Å². The molecule has 0 saturated heterocycles. The van der Waals surface area contributed by atoms with Gasteiger partial charge in [-0.05, 0) is 56.4 Å². The fraction of sp³-hybridized carbons (Fsp3) is 0.545. The van der Waals surface area contributed by atoms with Gasteiger partial charge in [0.2, 0.25) is 21.9 Å². The van der Waals surface area contributed by atoms with Crippen molar-refractivity contribution < 1.29 is 13.2 Å². The maximum absolute atomic E-state index is 13.5. The number of aromatic nitrogens is 5. The van der Waals surface area contributed by atoms with Gasteiger partial charge in [0.15, 0.2) is 0 Å². The Morgan fingerprint density at radius 2 is 2.06 bits per heavy atom. The SMILES string of the molecule is Cn1nccc1Nc1nncn1C1CCc2sc(NC(=O)C3CC3)c(S(=O)(=O)NCC3CC3)c2C1. The van der Waals surface area contributed by atoms with Gasteiger partial charge in [-0.3, -0.25) is 14.0 Å². The van der Waals surface area contributed by atoms with Crippen LogP contribution in [-0.4, -0.2) is 45.4 Å². The first-order valence-electron chi connectivity index (χ1n) is 12.0. The zero-order valence-corrected chi connectivity index (χ0v) is 21.0. The molecule has 1 atom stereocenters. The summed E-state index contributed by atoms with van der Waals surface area (Å²) in [6, 6.07) is 1.83. The third-order valence-corrected chi connectivity index (χ3v) is 9.80. The lowest BCUT2D eigenvalue weighted by atomic mass is 9.94. The monoisotopic (exact) mass is 516 g/mol. The average molecular weight is 517 g/mol. The van der Waals surface area contributed by atoms with Crippen molar-refractivity contribution in [2.24, 2.45) is 18.9 Å². The fourth-order valence-electron chi connectivity index (χ4n) is 4.53. The Bertz CT molecular complexity index is 1370. The highest BCUT2D eigenvalue weighted by Crippen LogP contribution is 2.45. The smallest absolute Gasteiger partial charge is 0.243 e. The van der Waals surface area contributed by atoms with Gasteiger partial charge in [0.05, 0.1) is 6.20 Å². The van der Waals surface area contributed by atoms with Crippen molar-refractivity contribution in [1.29, 1.82) is 0 Å². The van der Waals surface area contributed by atoms with Crippen molar-refractivity contribution in [2.45, 2.75) is 55.9 Å². The van der Waals surface area contributed by atoms with Crippen LogP contribution in [0.4, 0.5) is 16.8 Å². The number of sulfonamides is 1. The van der Waals surface area contributed by atoms with E-state index in [2.05, 4.69) is 30.7 Å². The van der Waals surface area contributed by atoms with E-state index in [4.69, 9.17) is 0 Å². The molecule has 6 rings (SSSR count). The number of fused-ring (bicyclic) bond motifs is 1. The van der Waals surface area contributed by atoms with E-state index in [1.165, 1.54) is 11.3 Å². The van der Waals surface area contributed by atoms with E-state index in [0.717, 1.165) is 54.8 Å². The number of carbonyl (C=O) groups is 1. The minimum atomic E-state index is -3.77. The van der Waals surface area contributed by atoms with Crippen LogP contribution in [0.15, 0.2) is 23.5 Å². The van der Waals surface area contributed by atoms with Crippen molar-refractivity contribution in [3.8, 4) is 0 Å². The van der Waals surface area contributed by atoms with Crippen LogP contribution in [0.5, 0.6) is 0 Å². The summed E-state index contributed by atoms with van der Waals surface area (Å²) in [5.74, 6) is 1.68. The van der Waals surface area contributed by atoms with Crippen LogP contribution in [-0.2, 0) is 34.7 Å². The van der Waals surface area contributed by atoms with Crippen molar-refractivity contribution >= 4 is 44.0 Å². The van der Waals surface area contributed by atoms with Crippen LogP contribution in [0.1, 0.15) is 48.6 Å². The second-order valence-corrected chi connectivity index (χ2v) is 12.5. The Morgan fingerprint density at radius 1 is 1.23 bits per heavy atom. The Morgan fingerprint density at radius 3 is 2.77 bits per heavy atom. The Kier molecular flexibility index (Phi) is 5.65. The summed E-state index contributed by atoms with van der Waals surface area (Å²) >= 11 is 1.40. The fourth-order valence-corrected chi connectivity index (χ4v) is 7.62. The molecule has 186 valence electrons. The standard InChI is InChI=1S/C22H28N8O3S2/c1-29-18(8-9-24-29)26-22-28-23-12-30(22)15-6-7-17-16(10-15)19(35(32,33)25-11-13-2-3-13)21(34-17)27-20(31)14-4-5-14/h8-9,12-15,25H,2-7,10-11H2,1H3,(H,26,28)(H,27,31). The molecule has 3 aliphatic rings. The molecule has 0 spiro atoms. The quantitative estimate of drug-likeness (QED) is 0.398. The van der Waals surface area contributed by atoms with Crippen molar-refractivity contribution in [3.63, 3.8) is 0 Å². The molecule has 1 unspecified atom stereocenters. The molecule has 13 heteroatoms. The first-order valence-corrected chi connectivity index (χ1v) is 14.3. The molecule has 3 aliphatic carbocycles. The Balaban J connectivity index is 1.31. The van der Waals surface area contributed by atoms with Crippen molar-refractivity contribution in [2.75, 3.05) is 17.2 Å². The topological polar surface area (TPSA) is 136 Å². The molecule has 3 N–H and O–H groups in total. The van der Waals surface area contributed by atoms with Gasteiger partial charge < -0.3 is 10.6 Å². The number of nitrogens with zero attached hydrogens (tertiary/aromatic N) is 5. The molecule has 3 aromatic heterocycles. The van der Waals surface area contributed by atoms with Crippen molar-refractivity contribution in [3.05, 3.63) is 29.0 Å². The number of thiophene rings is 1. The molecule has 0 bridgehead atoms. The summed E-state index contributed by atoms with van der Waals surface area (Å²) < 4.78 is 33.4. The Labute approximate surface area is 207 Å². The van der Waals surface area contributed by atoms with Gasteiger partial charge in [0.25, 0.3) is 0 Å². The molecule has 0 radical (unpaired) electrons. The van der Waals surface area contributed by atoms with Crippen LogP contribution in [0.25, 0.3) is 0 Å². The van der Waals surface area contributed by atoms with Gasteiger partial charge in [-0.1, -0.05) is 0 Å². The molecule has 0 aromatic carbocycles. The zero-order chi connectivity index (χ0) is 24.2. The summed E-state index contributed by atoms with van der Waals surface area (Å²) in [5, 5.41) is 19.2. The lowest BCUT2D eigenvalue weighted by Gasteiger charge is -2.25. The highest BCUT2D eigenvalue weighted by Gasteiger charge is 2.37. The van der Waals surface area contributed by atoms with Gasteiger partial charge in [-0.2, -0.15) is 5.10 Å². The third-order valence-electron chi connectivity index (χ3n) is 6.93. The molecule has 35 heavy (non-hydrogen) atoms. The first kappa shape index (κ1) is 22.7. The van der Waals surface area contributed by atoms with Crippen LogP contribution in [0.3, 0.4) is 0 Å². The molecule has 3 aromatic rings. The number of nitrogens with one attached hydrogen (secondary N) is 3. The maximum atomic E-state index is 13.5. The lowest BCUT2D eigenvalue weighted by molar-refractivity contribution is -0.117. The van der Waals surface area contributed by atoms with E-state index >= 15 is 0 Å². The molecule has 3 heterocycles. The number of amides is 1. The summed E-state index contributed by atoms with van der Waals surface area (Å²) in [6.07, 6.45) is 9.26. The Hall–Kier alpha value is -2.77. The summed E-state index contributed by atoms with van der Waals surface area (Å²) in [4.78, 5) is 13.8. The minimum absolute atomic E-state index is 0.00508. The maximum Gasteiger partial charge on any atom is 0.243 e. The molecule has 2 fully saturated rings. The third kappa shape index (κ3) is 4.59. The van der Waals surface area contributed by atoms with E-state index in [9.17, 15) is 13.2 Å². The molecule has 0 aliphatic heterocycles. The average Bonchev–Trinajstić information content (AvgIpc) is 3.73. The van der Waals surface area contributed by atoms with Crippen LogP contribution >= 0.6 is 11.3 Å². The summed E-state index contributed by atoms with van der Waals surface area (Å²) in [5.41, 5.74) is 0.792. The van der Waals surface area contributed by atoms with Crippen LogP contribution in [0, 0.1) is 11.8 Å². The van der Waals surface area contributed by atoms with Crippen LogP contribution in [0.2, 0.25) is 0 Å². The largest absolute Gasteiger partial charge is 0.316 e. The molecular weight excluding hydrogens is 488 g/mol. The predicted molar refractivity (Wildman–Crippen MR) is 131 cm³/mol. The van der Waals surface area contributed by atoms with Gasteiger partial charge in [0, 0.05) is 36.5 Å². The van der Waals surface area contributed by atoms with Crippen LogP contribution < -0.4 is 15.4 Å². The van der Waals surface area contributed by atoms with Gasteiger partial charge in [-0.25, -0.2) is 13.1 Å². The number of carbonyl (C=O) groups excluding carboxylic acids is 1. The number of hydrogen-bond acceptors (Lipinski definition) is 8. The molecule has 2 saturated carbocycles. The molecule has 11 nitrogen and oxygen atoms in total. The highest BCUT2D eigenvalue weighted by atomic mass is 32.2. The normalized spacial score (nSPS) is 20.0. The minimum Gasteiger partial charge on any atom is -0.316 e. The second kappa shape index (κ2) is 8.71. The van der Waals surface area contributed by atoms with Gasteiger partial charge in [0.1, 0.15) is 22.0 Å². The molecule has 1 amide bonds. The predicted octanol–water partition coefficient (Wildman–Crippen LogP) is 2.58. The summed E-state index contributed by atoms with van der Waals surface area (Å²) in [6.45, 7) is 0.441. The zero-order valence-electron chi connectivity index (χ0n) is 19.4. The molecular formula is C22H28N8O3S2. The van der Waals surface area contributed by atoms with Crippen molar-refractivity contribution in [1.82, 2.24) is 29.3 Å². The van der Waals surface area contributed by atoms with E-state index in [1.807, 2.05) is 17.7 Å². The number of aryl methyl sites for hydroxylation is 2. The van der Waals surface area contributed by atoms with Gasteiger partial charge >= 0.3 is 0 Å². The summed E-state index contributed by atoms with van der Waals surface area (Å²) in [7, 11) is -1.93. The van der Waals surface area contributed by atoms with E-state index in [1.54, 1.807) is 17.2 Å². The van der Waals surface area contributed by atoms with E-state index < -0.39 is 10.0 Å². The van der Waals surface area contributed by atoms with E-state index in [-0.39, 0.29) is 22.8 Å². The number of hydrogen-bond donors (Lipinski definition) is 3.